The van der Waals surface area contributed by atoms with Crippen LogP contribution >= 0.6 is 0 Å². The van der Waals surface area contributed by atoms with Crippen LogP contribution in [0.5, 0.6) is 11.6 Å². The lowest BCUT2D eigenvalue weighted by atomic mass is 10.2. The van der Waals surface area contributed by atoms with Gasteiger partial charge in [-0.1, -0.05) is 35.5 Å². The summed E-state index contributed by atoms with van der Waals surface area (Å²) in [4.78, 5) is 14.1. The molecule has 2 heterocycles. The molecule has 0 bridgehead atoms. The van der Waals surface area contributed by atoms with Gasteiger partial charge in [-0.05, 0) is 50.1 Å². The summed E-state index contributed by atoms with van der Waals surface area (Å²) in [5, 5.41) is 11.6. The molecule has 2 aromatic heterocycles. The molecule has 0 fully saturated rings. The van der Waals surface area contributed by atoms with Gasteiger partial charge >= 0.3 is 0 Å². The number of hydrogen-bond donors (Lipinski definition) is 1. The fourth-order valence-electron chi connectivity index (χ4n) is 2.46. The van der Waals surface area contributed by atoms with Gasteiger partial charge in [0.1, 0.15) is 12.4 Å². The predicted octanol–water partition coefficient (Wildman–Crippen LogP) is 4.64. The number of hydrogen-bond acceptors (Lipinski definition) is 6. The fraction of sp³-hybridized carbons (Fsp3) is 0.182. The average molecular weight is 374 g/mol. The number of oxime groups is 1. The molecule has 1 N–H and O–H groups in total. The van der Waals surface area contributed by atoms with Crippen LogP contribution < -0.4 is 4.74 Å². The van der Waals surface area contributed by atoms with Crippen LogP contribution in [0, 0.1) is 5.41 Å². The van der Waals surface area contributed by atoms with Crippen molar-refractivity contribution in [1.82, 2.24) is 9.97 Å². The first-order valence-corrected chi connectivity index (χ1v) is 9.07. The predicted molar refractivity (Wildman–Crippen MR) is 109 cm³/mol. The van der Waals surface area contributed by atoms with Gasteiger partial charge in [-0.15, -0.1) is 0 Å². The van der Waals surface area contributed by atoms with E-state index in [1.54, 1.807) is 19.2 Å². The molecule has 6 heteroatoms. The first-order valence-electron chi connectivity index (χ1n) is 9.07. The van der Waals surface area contributed by atoms with Crippen molar-refractivity contribution in [3.63, 3.8) is 0 Å². The van der Waals surface area contributed by atoms with Gasteiger partial charge in [0.25, 0.3) is 0 Å². The van der Waals surface area contributed by atoms with Crippen LogP contribution in [0.25, 0.3) is 0 Å². The van der Waals surface area contributed by atoms with E-state index >= 15 is 0 Å². The number of para-hydroxylation sites is 1. The summed E-state index contributed by atoms with van der Waals surface area (Å²) >= 11 is 0. The molecule has 28 heavy (non-hydrogen) atoms. The van der Waals surface area contributed by atoms with Gasteiger partial charge in [-0.25, -0.2) is 4.98 Å². The summed E-state index contributed by atoms with van der Waals surface area (Å²) in [6.45, 7) is 2.21. The molecule has 0 aliphatic carbocycles. The third kappa shape index (κ3) is 6.02. The molecule has 0 aliphatic heterocycles. The van der Waals surface area contributed by atoms with Crippen molar-refractivity contribution in [2.45, 2.75) is 19.8 Å². The highest BCUT2D eigenvalue weighted by atomic mass is 16.6. The Morgan fingerprint density at radius 2 is 1.82 bits per heavy atom. The molecule has 0 saturated heterocycles. The minimum absolute atomic E-state index is 0.466. The SMILES string of the molecule is CC(=N)c1cccc(CCCO/N=C/c2cccc(Oc3ccccc3)n2)n1. The summed E-state index contributed by atoms with van der Waals surface area (Å²) in [7, 11) is 0. The summed E-state index contributed by atoms with van der Waals surface area (Å²) in [5.41, 5.74) is 2.78. The van der Waals surface area contributed by atoms with E-state index in [-0.39, 0.29) is 0 Å². The maximum absolute atomic E-state index is 7.64. The van der Waals surface area contributed by atoms with Crippen molar-refractivity contribution in [3.05, 3.63) is 83.8 Å². The molecule has 0 spiro atoms. The quantitative estimate of drug-likeness (QED) is 0.336. The molecular formula is C22H22N4O2. The lowest BCUT2D eigenvalue weighted by molar-refractivity contribution is 0.143. The zero-order valence-electron chi connectivity index (χ0n) is 15.7. The van der Waals surface area contributed by atoms with E-state index in [9.17, 15) is 0 Å². The second kappa shape index (κ2) is 9.97. The number of nitrogens with zero attached hydrogens (tertiary/aromatic N) is 3. The Kier molecular flexibility index (Phi) is 6.84. The topological polar surface area (TPSA) is 80.5 Å². The largest absolute Gasteiger partial charge is 0.439 e. The third-order valence-electron chi connectivity index (χ3n) is 3.83. The van der Waals surface area contributed by atoms with Crippen LogP contribution in [0.4, 0.5) is 0 Å². The van der Waals surface area contributed by atoms with Crippen LogP contribution in [0.1, 0.15) is 30.4 Å². The molecule has 0 amide bonds. The van der Waals surface area contributed by atoms with E-state index in [1.165, 1.54) is 0 Å². The maximum atomic E-state index is 7.64. The summed E-state index contributed by atoms with van der Waals surface area (Å²) in [6.07, 6.45) is 3.12. The van der Waals surface area contributed by atoms with E-state index < -0.39 is 0 Å². The van der Waals surface area contributed by atoms with Gasteiger partial charge < -0.3 is 15.0 Å². The molecule has 3 rings (SSSR count). The molecular weight excluding hydrogens is 352 g/mol. The van der Waals surface area contributed by atoms with Gasteiger partial charge in [-0.2, -0.15) is 0 Å². The van der Waals surface area contributed by atoms with Crippen LogP contribution in [-0.2, 0) is 11.3 Å². The van der Waals surface area contributed by atoms with Crippen molar-refractivity contribution in [2.75, 3.05) is 6.61 Å². The average Bonchev–Trinajstić information content (AvgIpc) is 2.72. The van der Waals surface area contributed by atoms with Crippen LogP contribution in [0.3, 0.4) is 0 Å². The molecule has 6 nitrogen and oxygen atoms in total. The van der Waals surface area contributed by atoms with Crippen molar-refractivity contribution in [1.29, 1.82) is 5.41 Å². The minimum atomic E-state index is 0.466. The third-order valence-corrected chi connectivity index (χ3v) is 3.83. The number of benzene rings is 1. The summed E-state index contributed by atoms with van der Waals surface area (Å²) < 4.78 is 5.70. The van der Waals surface area contributed by atoms with E-state index in [1.807, 2.05) is 60.7 Å². The summed E-state index contributed by atoms with van der Waals surface area (Å²) in [6, 6.07) is 20.7. The van der Waals surface area contributed by atoms with E-state index in [0.29, 0.717) is 29.6 Å². The zero-order valence-corrected chi connectivity index (χ0v) is 15.7. The highest BCUT2D eigenvalue weighted by Gasteiger charge is 2.01. The highest BCUT2D eigenvalue weighted by Crippen LogP contribution is 2.18. The van der Waals surface area contributed by atoms with Gasteiger partial charge in [0.05, 0.1) is 23.3 Å². The van der Waals surface area contributed by atoms with Crippen molar-refractivity contribution < 1.29 is 9.57 Å². The van der Waals surface area contributed by atoms with Crippen molar-refractivity contribution >= 4 is 11.9 Å². The van der Waals surface area contributed by atoms with Crippen LogP contribution in [-0.4, -0.2) is 28.5 Å². The summed E-state index contributed by atoms with van der Waals surface area (Å²) in [5.74, 6) is 1.24. The number of aryl methyl sites for hydroxylation is 1. The van der Waals surface area contributed by atoms with Gasteiger partial charge in [0, 0.05) is 11.8 Å². The van der Waals surface area contributed by atoms with Gasteiger partial charge in [-0.3, -0.25) is 4.98 Å². The molecule has 142 valence electrons. The Morgan fingerprint density at radius 1 is 1.00 bits per heavy atom. The van der Waals surface area contributed by atoms with Gasteiger partial charge in [0.15, 0.2) is 0 Å². The van der Waals surface area contributed by atoms with Crippen molar-refractivity contribution in [3.8, 4) is 11.6 Å². The lowest BCUT2D eigenvalue weighted by Crippen LogP contribution is -2.01. The highest BCUT2D eigenvalue weighted by molar-refractivity contribution is 5.94. The zero-order chi connectivity index (χ0) is 19.6. The molecule has 1 aromatic carbocycles. The molecule has 0 unspecified atom stereocenters. The number of ether oxygens (including phenoxy) is 1. The molecule has 0 atom stereocenters. The second-order valence-corrected chi connectivity index (χ2v) is 6.13. The Labute approximate surface area is 164 Å². The molecule has 3 aromatic rings. The first kappa shape index (κ1) is 19.2. The maximum Gasteiger partial charge on any atom is 0.219 e. The lowest BCUT2D eigenvalue weighted by Gasteiger charge is -2.04. The monoisotopic (exact) mass is 374 g/mol. The van der Waals surface area contributed by atoms with Crippen molar-refractivity contribution in [2.24, 2.45) is 5.16 Å². The minimum Gasteiger partial charge on any atom is -0.439 e. The fourth-order valence-corrected chi connectivity index (χ4v) is 2.46. The second-order valence-electron chi connectivity index (χ2n) is 6.13. The molecule has 0 aliphatic rings. The number of rotatable bonds is 9. The van der Waals surface area contributed by atoms with E-state index in [0.717, 1.165) is 24.3 Å². The smallest absolute Gasteiger partial charge is 0.219 e. The van der Waals surface area contributed by atoms with Crippen LogP contribution in [0.2, 0.25) is 0 Å². The van der Waals surface area contributed by atoms with Crippen LogP contribution in [0.15, 0.2) is 71.9 Å². The Morgan fingerprint density at radius 3 is 2.64 bits per heavy atom. The number of nitrogens with one attached hydrogen (secondary N) is 1. The van der Waals surface area contributed by atoms with E-state index in [4.69, 9.17) is 15.0 Å². The molecule has 0 saturated carbocycles. The Bertz CT molecular complexity index is 942. The number of aromatic nitrogens is 2. The molecule has 0 radical (unpaired) electrons. The Balaban J connectivity index is 1.44. The first-order chi connectivity index (χ1) is 13.7. The normalized spacial score (nSPS) is 10.8. The Hall–Kier alpha value is -3.54. The van der Waals surface area contributed by atoms with E-state index in [2.05, 4.69) is 15.1 Å². The standard InChI is InChI=1S/C22H22N4O2/c1-17(23)21-13-5-8-18(25-21)10-7-15-27-24-16-19-9-6-14-22(26-19)28-20-11-3-2-4-12-20/h2-6,8-9,11-14,16,23H,7,10,15H2,1H3/b23-17?,24-16+. The number of pyridine rings is 2. The van der Waals surface area contributed by atoms with Gasteiger partial charge in [0.2, 0.25) is 5.88 Å².